The van der Waals surface area contributed by atoms with Crippen LogP contribution in [0.1, 0.15) is 24.8 Å². The molecule has 1 aromatic rings. The van der Waals surface area contributed by atoms with Gasteiger partial charge in [-0.3, -0.25) is 4.79 Å². The lowest BCUT2D eigenvalue weighted by molar-refractivity contribution is -0.133. The molecule has 0 spiro atoms. The van der Waals surface area contributed by atoms with Gasteiger partial charge >= 0.3 is 0 Å². The first-order chi connectivity index (χ1) is 9.65. The zero-order valence-corrected chi connectivity index (χ0v) is 12.5. The van der Waals surface area contributed by atoms with E-state index in [2.05, 4.69) is 5.32 Å². The van der Waals surface area contributed by atoms with Crippen LogP contribution in [0.25, 0.3) is 0 Å². The average Bonchev–Trinajstić information content (AvgIpc) is 2.67. The van der Waals surface area contributed by atoms with Crippen LogP contribution >= 0.6 is 12.4 Å². The fraction of sp³-hybridized carbons (Fsp3) is 0.533. The summed E-state index contributed by atoms with van der Waals surface area (Å²) >= 11 is 0. The van der Waals surface area contributed by atoms with Crippen molar-refractivity contribution in [1.82, 2.24) is 10.2 Å². The van der Waals surface area contributed by atoms with Crippen LogP contribution in [0.2, 0.25) is 0 Å². The van der Waals surface area contributed by atoms with Crippen molar-refractivity contribution in [3.05, 3.63) is 35.4 Å². The van der Waals surface area contributed by atoms with Crippen LogP contribution in [0.4, 0.5) is 8.78 Å². The van der Waals surface area contributed by atoms with Crippen LogP contribution in [0, 0.1) is 11.6 Å². The Morgan fingerprint density at radius 2 is 1.95 bits per heavy atom. The average molecular weight is 317 g/mol. The SMILES string of the molecule is Cl.O=C(Cc1ccc(F)c(F)c1)N1C2CCNCC1CC2. The molecule has 116 valence electrons. The van der Waals surface area contributed by atoms with Crippen molar-refractivity contribution in [2.75, 3.05) is 13.1 Å². The molecule has 2 saturated heterocycles. The highest BCUT2D eigenvalue weighted by Crippen LogP contribution is 2.28. The minimum atomic E-state index is -0.893. The first-order valence-corrected chi connectivity index (χ1v) is 7.11. The predicted octanol–water partition coefficient (Wildman–Crippen LogP) is 2.28. The summed E-state index contributed by atoms with van der Waals surface area (Å²) in [7, 11) is 0. The fourth-order valence-electron chi connectivity index (χ4n) is 3.31. The molecule has 1 N–H and O–H groups in total. The van der Waals surface area contributed by atoms with Crippen LogP contribution in [0.5, 0.6) is 0 Å². The minimum Gasteiger partial charge on any atom is -0.335 e. The molecular weight excluding hydrogens is 298 g/mol. The maximum absolute atomic E-state index is 13.2. The van der Waals surface area contributed by atoms with E-state index in [4.69, 9.17) is 0 Å². The van der Waals surface area contributed by atoms with E-state index >= 15 is 0 Å². The lowest BCUT2D eigenvalue weighted by Crippen LogP contribution is -2.43. The molecule has 2 unspecified atom stereocenters. The number of benzene rings is 1. The standard InChI is InChI=1S/C15H18F2N2O.ClH/c16-13-4-1-10(7-14(13)17)8-15(20)19-11-2-3-12(19)9-18-6-5-11;/h1,4,7,11-12,18H,2-3,5-6,8-9H2;1H. The van der Waals surface area contributed by atoms with E-state index in [0.717, 1.165) is 44.5 Å². The second-order valence-corrected chi connectivity index (χ2v) is 5.60. The van der Waals surface area contributed by atoms with Gasteiger partial charge in [0.05, 0.1) is 6.42 Å². The number of hydrogen-bond acceptors (Lipinski definition) is 2. The Morgan fingerprint density at radius 3 is 2.71 bits per heavy atom. The molecule has 0 aromatic heterocycles. The Labute approximate surface area is 129 Å². The molecule has 2 atom stereocenters. The zero-order chi connectivity index (χ0) is 14.1. The van der Waals surface area contributed by atoms with Gasteiger partial charge in [-0.1, -0.05) is 6.07 Å². The van der Waals surface area contributed by atoms with E-state index in [1.54, 1.807) is 0 Å². The number of fused-ring (bicyclic) bond motifs is 2. The summed E-state index contributed by atoms with van der Waals surface area (Å²) in [6, 6.07) is 4.23. The maximum Gasteiger partial charge on any atom is 0.227 e. The van der Waals surface area contributed by atoms with E-state index in [1.807, 2.05) is 4.90 Å². The highest BCUT2D eigenvalue weighted by atomic mass is 35.5. The quantitative estimate of drug-likeness (QED) is 0.908. The van der Waals surface area contributed by atoms with Crippen LogP contribution in [0.15, 0.2) is 18.2 Å². The third-order valence-corrected chi connectivity index (χ3v) is 4.28. The monoisotopic (exact) mass is 316 g/mol. The predicted molar refractivity (Wildman–Crippen MR) is 78.5 cm³/mol. The number of nitrogens with zero attached hydrogens (tertiary/aromatic N) is 1. The van der Waals surface area contributed by atoms with Crippen LogP contribution < -0.4 is 5.32 Å². The first kappa shape index (κ1) is 16.2. The molecule has 3 nitrogen and oxygen atoms in total. The van der Waals surface area contributed by atoms with Crippen molar-refractivity contribution in [3.63, 3.8) is 0 Å². The van der Waals surface area contributed by atoms with Gasteiger partial charge in [-0.25, -0.2) is 8.78 Å². The normalized spacial score (nSPS) is 24.4. The lowest BCUT2D eigenvalue weighted by atomic mass is 10.1. The van der Waals surface area contributed by atoms with Crippen molar-refractivity contribution < 1.29 is 13.6 Å². The molecule has 2 fully saturated rings. The molecule has 2 aliphatic rings. The molecule has 0 radical (unpaired) electrons. The minimum absolute atomic E-state index is 0. The van der Waals surface area contributed by atoms with Crippen molar-refractivity contribution in [3.8, 4) is 0 Å². The number of amides is 1. The molecule has 6 heteroatoms. The van der Waals surface area contributed by atoms with Crippen molar-refractivity contribution in [1.29, 1.82) is 0 Å². The number of rotatable bonds is 2. The van der Waals surface area contributed by atoms with Crippen LogP contribution in [-0.4, -0.2) is 36.0 Å². The van der Waals surface area contributed by atoms with Gasteiger partial charge in [0.1, 0.15) is 0 Å². The smallest absolute Gasteiger partial charge is 0.227 e. The molecule has 3 rings (SSSR count). The highest BCUT2D eigenvalue weighted by molar-refractivity contribution is 5.85. The van der Waals surface area contributed by atoms with E-state index in [0.29, 0.717) is 11.6 Å². The highest BCUT2D eigenvalue weighted by Gasteiger charge is 2.37. The topological polar surface area (TPSA) is 32.3 Å². The number of halogens is 3. The second kappa shape index (κ2) is 6.71. The van der Waals surface area contributed by atoms with Crippen molar-refractivity contribution in [2.45, 2.75) is 37.8 Å². The fourth-order valence-corrected chi connectivity index (χ4v) is 3.31. The summed E-state index contributed by atoms with van der Waals surface area (Å²) in [4.78, 5) is 14.4. The van der Waals surface area contributed by atoms with Gasteiger partial charge in [0.15, 0.2) is 11.6 Å². The van der Waals surface area contributed by atoms with Gasteiger partial charge in [0.25, 0.3) is 0 Å². The molecule has 1 aromatic carbocycles. The summed E-state index contributed by atoms with van der Waals surface area (Å²) in [6.45, 7) is 1.77. The molecule has 1 amide bonds. The summed E-state index contributed by atoms with van der Waals surface area (Å²) in [6.07, 6.45) is 3.20. The summed E-state index contributed by atoms with van der Waals surface area (Å²) in [5.41, 5.74) is 0.533. The molecular formula is C15H19ClF2N2O. The number of carbonyl (C=O) groups is 1. The van der Waals surface area contributed by atoms with Crippen LogP contribution in [0.3, 0.4) is 0 Å². The van der Waals surface area contributed by atoms with Gasteiger partial charge in [0, 0.05) is 18.6 Å². The Kier molecular flexibility index (Phi) is 5.17. The van der Waals surface area contributed by atoms with Gasteiger partial charge in [-0.2, -0.15) is 0 Å². The Bertz CT molecular complexity index is 512. The number of hydrogen-bond donors (Lipinski definition) is 1. The van der Waals surface area contributed by atoms with E-state index in [-0.39, 0.29) is 30.8 Å². The Morgan fingerprint density at radius 1 is 1.19 bits per heavy atom. The lowest BCUT2D eigenvalue weighted by Gasteiger charge is -2.28. The molecule has 21 heavy (non-hydrogen) atoms. The van der Waals surface area contributed by atoms with Crippen LogP contribution in [-0.2, 0) is 11.2 Å². The van der Waals surface area contributed by atoms with Gasteiger partial charge < -0.3 is 10.2 Å². The summed E-state index contributed by atoms with van der Waals surface area (Å²) in [5, 5.41) is 3.34. The van der Waals surface area contributed by atoms with E-state index in [9.17, 15) is 13.6 Å². The molecule has 2 heterocycles. The van der Waals surface area contributed by atoms with E-state index < -0.39 is 11.6 Å². The summed E-state index contributed by atoms with van der Waals surface area (Å²) in [5.74, 6) is -1.75. The van der Waals surface area contributed by atoms with Gasteiger partial charge in [-0.05, 0) is 43.5 Å². The summed E-state index contributed by atoms with van der Waals surface area (Å²) < 4.78 is 26.1. The Balaban J connectivity index is 0.00000161. The van der Waals surface area contributed by atoms with Gasteiger partial charge in [-0.15, -0.1) is 12.4 Å². The largest absolute Gasteiger partial charge is 0.335 e. The third kappa shape index (κ3) is 3.35. The molecule has 2 aliphatic heterocycles. The first-order valence-electron chi connectivity index (χ1n) is 7.11. The third-order valence-electron chi connectivity index (χ3n) is 4.28. The molecule has 2 bridgehead atoms. The number of carbonyl (C=O) groups excluding carboxylic acids is 1. The van der Waals surface area contributed by atoms with Crippen molar-refractivity contribution >= 4 is 18.3 Å². The Hall–Kier alpha value is -1.20. The van der Waals surface area contributed by atoms with E-state index in [1.165, 1.54) is 6.07 Å². The van der Waals surface area contributed by atoms with Gasteiger partial charge in [0.2, 0.25) is 5.91 Å². The molecule has 0 saturated carbocycles. The zero-order valence-electron chi connectivity index (χ0n) is 11.6. The van der Waals surface area contributed by atoms with Crippen molar-refractivity contribution in [2.24, 2.45) is 0 Å². The maximum atomic E-state index is 13.2. The second-order valence-electron chi connectivity index (χ2n) is 5.60. The molecule has 0 aliphatic carbocycles. The number of nitrogens with one attached hydrogen (secondary N) is 1.